The van der Waals surface area contributed by atoms with Crippen LogP contribution in [0.25, 0.3) is 0 Å². The number of nitrogens with zero attached hydrogens (tertiary/aromatic N) is 3. The summed E-state index contributed by atoms with van der Waals surface area (Å²) >= 11 is 5.90. The molecular formula is C17H13ClF3N3O. The zero-order chi connectivity index (χ0) is 18.0. The normalized spacial score (nSPS) is 13.0. The molecule has 0 fully saturated rings. The van der Waals surface area contributed by atoms with Gasteiger partial charge in [0.2, 0.25) is 0 Å². The average Bonchev–Trinajstić information content (AvgIpc) is 3.00. The van der Waals surface area contributed by atoms with Crippen LogP contribution >= 0.6 is 11.6 Å². The highest BCUT2D eigenvalue weighted by molar-refractivity contribution is 6.30. The molecule has 3 rings (SSSR count). The Kier molecular flexibility index (Phi) is 4.78. The van der Waals surface area contributed by atoms with Gasteiger partial charge < -0.3 is 9.67 Å². The summed E-state index contributed by atoms with van der Waals surface area (Å²) in [5, 5.41) is 10.4. The molecule has 0 amide bonds. The maximum Gasteiger partial charge on any atom is 0.431 e. The van der Waals surface area contributed by atoms with E-state index in [1.165, 1.54) is 18.7 Å². The van der Waals surface area contributed by atoms with Crippen molar-refractivity contribution in [2.45, 2.75) is 18.8 Å². The Morgan fingerprint density at radius 2 is 1.92 bits per heavy atom. The maximum absolute atomic E-state index is 13.4. The summed E-state index contributed by atoms with van der Waals surface area (Å²) in [6.45, 7) is 0.0292. The van der Waals surface area contributed by atoms with Crippen molar-refractivity contribution in [3.63, 3.8) is 0 Å². The Hall–Kier alpha value is -2.38. The number of hydrogen-bond donors (Lipinski definition) is 1. The van der Waals surface area contributed by atoms with Crippen LogP contribution in [0.4, 0.5) is 13.2 Å². The molecule has 1 atom stereocenters. The predicted molar refractivity (Wildman–Crippen MR) is 86.1 cm³/mol. The smallest absolute Gasteiger partial charge is 0.383 e. The van der Waals surface area contributed by atoms with E-state index >= 15 is 0 Å². The number of aliphatic hydroxyl groups is 1. The van der Waals surface area contributed by atoms with Crippen molar-refractivity contribution >= 4 is 11.6 Å². The standard InChI is InChI=1S/C17H13ClF3N3O/c18-16-13(7-22-10-23-16)15(25)12-6-14(17(19,20)21)24(9-12)8-11-4-2-1-3-5-11/h1-7,9-10,15,25H,8H2. The molecule has 0 radical (unpaired) electrons. The summed E-state index contributed by atoms with van der Waals surface area (Å²) < 4.78 is 41.1. The third kappa shape index (κ3) is 3.83. The van der Waals surface area contributed by atoms with Crippen molar-refractivity contribution in [3.05, 3.63) is 82.7 Å². The first-order valence-electron chi connectivity index (χ1n) is 7.31. The second-order valence-electron chi connectivity index (χ2n) is 5.44. The number of aliphatic hydroxyl groups excluding tert-OH is 1. The van der Waals surface area contributed by atoms with Gasteiger partial charge in [0.05, 0.1) is 0 Å². The van der Waals surface area contributed by atoms with Crippen molar-refractivity contribution in [1.29, 1.82) is 0 Å². The predicted octanol–water partition coefficient (Wildman–Crippen LogP) is 4.08. The molecule has 0 spiro atoms. The molecule has 8 heteroatoms. The first-order chi connectivity index (χ1) is 11.9. The zero-order valence-electron chi connectivity index (χ0n) is 12.8. The third-order valence-corrected chi connectivity index (χ3v) is 4.02. The van der Waals surface area contributed by atoms with Gasteiger partial charge >= 0.3 is 6.18 Å². The molecule has 0 saturated heterocycles. The SMILES string of the molecule is OC(c1cc(C(F)(F)F)n(Cc2ccccc2)c1)c1cncnc1Cl. The van der Waals surface area contributed by atoms with E-state index in [9.17, 15) is 18.3 Å². The molecule has 0 bridgehead atoms. The van der Waals surface area contributed by atoms with E-state index < -0.39 is 18.0 Å². The van der Waals surface area contributed by atoms with Crippen LogP contribution < -0.4 is 0 Å². The lowest BCUT2D eigenvalue weighted by molar-refractivity contribution is -0.143. The van der Waals surface area contributed by atoms with Crippen molar-refractivity contribution in [1.82, 2.24) is 14.5 Å². The quantitative estimate of drug-likeness (QED) is 0.707. The molecule has 1 unspecified atom stereocenters. The van der Waals surface area contributed by atoms with Crippen molar-refractivity contribution in [2.24, 2.45) is 0 Å². The Morgan fingerprint density at radius 3 is 2.56 bits per heavy atom. The summed E-state index contributed by atoms with van der Waals surface area (Å²) in [5.41, 5.74) is 0.0822. The molecule has 0 aliphatic carbocycles. The molecule has 2 heterocycles. The molecule has 1 aromatic carbocycles. The minimum Gasteiger partial charge on any atom is -0.383 e. The number of aromatic nitrogens is 3. The van der Waals surface area contributed by atoms with E-state index in [4.69, 9.17) is 11.6 Å². The molecule has 2 aromatic heterocycles. The molecule has 0 saturated carbocycles. The molecule has 1 N–H and O–H groups in total. The molecule has 0 aliphatic heterocycles. The summed E-state index contributed by atoms with van der Waals surface area (Å²) in [4.78, 5) is 7.49. The highest BCUT2D eigenvalue weighted by Gasteiger charge is 2.35. The van der Waals surface area contributed by atoms with Crippen LogP contribution in [0.3, 0.4) is 0 Å². The summed E-state index contributed by atoms with van der Waals surface area (Å²) in [5.74, 6) is 0. The lowest BCUT2D eigenvalue weighted by Crippen LogP contribution is -2.13. The number of hydrogen-bond acceptors (Lipinski definition) is 3. The summed E-state index contributed by atoms with van der Waals surface area (Å²) in [6.07, 6.45) is -2.16. The van der Waals surface area contributed by atoms with Crippen LogP contribution in [-0.2, 0) is 12.7 Å². The van der Waals surface area contributed by atoms with Gasteiger partial charge in [-0.05, 0) is 11.6 Å². The van der Waals surface area contributed by atoms with E-state index in [0.29, 0.717) is 5.56 Å². The van der Waals surface area contributed by atoms with Crippen LogP contribution in [0, 0.1) is 0 Å². The minimum absolute atomic E-state index is 0.00753. The zero-order valence-corrected chi connectivity index (χ0v) is 13.5. The maximum atomic E-state index is 13.4. The Morgan fingerprint density at radius 1 is 1.20 bits per heavy atom. The molecule has 4 nitrogen and oxygen atoms in total. The van der Waals surface area contributed by atoms with Gasteiger partial charge in [0.25, 0.3) is 0 Å². The summed E-state index contributed by atoms with van der Waals surface area (Å²) in [7, 11) is 0. The Balaban J connectivity index is 2.00. The average molecular weight is 368 g/mol. The largest absolute Gasteiger partial charge is 0.431 e. The molecule has 25 heavy (non-hydrogen) atoms. The van der Waals surface area contributed by atoms with E-state index in [-0.39, 0.29) is 22.8 Å². The van der Waals surface area contributed by atoms with E-state index in [0.717, 1.165) is 10.6 Å². The third-order valence-electron chi connectivity index (χ3n) is 3.70. The fourth-order valence-corrected chi connectivity index (χ4v) is 2.72. The second-order valence-corrected chi connectivity index (χ2v) is 5.80. The molecule has 130 valence electrons. The van der Waals surface area contributed by atoms with Crippen LogP contribution in [0.1, 0.15) is 28.5 Å². The van der Waals surface area contributed by atoms with Gasteiger partial charge in [0.15, 0.2) is 0 Å². The monoisotopic (exact) mass is 367 g/mol. The minimum atomic E-state index is -4.55. The number of alkyl halides is 3. The fourth-order valence-electron chi connectivity index (χ4n) is 2.52. The van der Waals surface area contributed by atoms with Gasteiger partial charge in [0, 0.05) is 30.1 Å². The molecular weight excluding hydrogens is 355 g/mol. The highest BCUT2D eigenvalue weighted by Crippen LogP contribution is 2.35. The van der Waals surface area contributed by atoms with Crippen molar-refractivity contribution in [2.75, 3.05) is 0 Å². The number of halogens is 4. The van der Waals surface area contributed by atoms with Gasteiger partial charge in [-0.1, -0.05) is 41.9 Å². The second kappa shape index (κ2) is 6.85. The van der Waals surface area contributed by atoms with Crippen molar-refractivity contribution < 1.29 is 18.3 Å². The van der Waals surface area contributed by atoms with Crippen LogP contribution in [0.2, 0.25) is 5.15 Å². The Bertz CT molecular complexity index is 865. The Labute approximate surface area is 146 Å². The highest BCUT2D eigenvalue weighted by atomic mass is 35.5. The first-order valence-corrected chi connectivity index (χ1v) is 7.68. The van der Waals surface area contributed by atoms with Gasteiger partial charge in [0.1, 0.15) is 23.3 Å². The summed E-state index contributed by atoms with van der Waals surface area (Å²) in [6, 6.07) is 9.68. The van der Waals surface area contributed by atoms with E-state index in [1.54, 1.807) is 30.3 Å². The van der Waals surface area contributed by atoms with Crippen LogP contribution in [-0.4, -0.2) is 19.6 Å². The van der Waals surface area contributed by atoms with E-state index in [2.05, 4.69) is 9.97 Å². The molecule has 0 aliphatic rings. The number of rotatable bonds is 4. The fraction of sp³-hybridized carbons (Fsp3) is 0.176. The van der Waals surface area contributed by atoms with E-state index in [1.807, 2.05) is 0 Å². The number of benzene rings is 1. The lowest BCUT2D eigenvalue weighted by Gasteiger charge is -2.11. The van der Waals surface area contributed by atoms with Gasteiger partial charge in [-0.2, -0.15) is 13.2 Å². The topological polar surface area (TPSA) is 50.9 Å². The first kappa shape index (κ1) is 17.4. The molecule has 3 aromatic rings. The van der Waals surface area contributed by atoms with Gasteiger partial charge in [-0.15, -0.1) is 0 Å². The van der Waals surface area contributed by atoms with Crippen LogP contribution in [0.15, 0.2) is 55.1 Å². The van der Waals surface area contributed by atoms with Gasteiger partial charge in [-0.25, -0.2) is 9.97 Å². The van der Waals surface area contributed by atoms with Crippen molar-refractivity contribution in [3.8, 4) is 0 Å². The lowest BCUT2D eigenvalue weighted by atomic mass is 10.1. The van der Waals surface area contributed by atoms with Crippen LogP contribution in [0.5, 0.6) is 0 Å². The van der Waals surface area contributed by atoms with Gasteiger partial charge in [-0.3, -0.25) is 0 Å².